The van der Waals surface area contributed by atoms with Crippen LogP contribution in [0.3, 0.4) is 0 Å². The van der Waals surface area contributed by atoms with Crippen molar-refractivity contribution in [3.05, 3.63) is 41.9 Å². The van der Waals surface area contributed by atoms with E-state index in [0.29, 0.717) is 16.9 Å². The fourth-order valence-electron chi connectivity index (χ4n) is 3.26. The van der Waals surface area contributed by atoms with Crippen molar-refractivity contribution < 1.29 is 23.1 Å². The molecule has 1 saturated carbocycles. The smallest absolute Gasteiger partial charge is 0.416 e. The second-order valence-electron chi connectivity index (χ2n) is 6.67. The Balaban J connectivity index is 1.94. The number of nitrogens with one attached hydrogen (secondary N) is 1. The average Bonchev–Trinajstić information content (AvgIpc) is 2.90. The van der Waals surface area contributed by atoms with Gasteiger partial charge in [-0.3, -0.25) is 0 Å². The highest BCUT2D eigenvalue weighted by molar-refractivity contribution is 5.85. The molecule has 0 radical (unpaired) electrons. The predicted octanol–water partition coefficient (Wildman–Crippen LogP) is 5.00. The van der Waals surface area contributed by atoms with E-state index in [-0.39, 0.29) is 11.9 Å². The van der Waals surface area contributed by atoms with Gasteiger partial charge in [-0.25, -0.2) is 14.8 Å². The van der Waals surface area contributed by atoms with Gasteiger partial charge in [0.15, 0.2) is 0 Å². The standard InChI is InChI=1S/C19H20F3N3O2/c20-19(21,22)13-9-7-12(8-10-13)15-11-23-17(18(26)27)25-16(15)24-14-5-3-1-2-4-6-14/h7-11,14H,1-6H2,(H,26,27)(H,23,24,25). The number of carbonyl (C=O) groups is 1. The highest BCUT2D eigenvalue weighted by atomic mass is 19.4. The summed E-state index contributed by atoms with van der Waals surface area (Å²) in [6.45, 7) is 0. The maximum absolute atomic E-state index is 12.8. The number of hydrogen-bond acceptors (Lipinski definition) is 4. The Morgan fingerprint density at radius 3 is 2.26 bits per heavy atom. The fraction of sp³-hybridized carbons (Fsp3) is 0.421. The molecule has 3 rings (SSSR count). The van der Waals surface area contributed by atoms with Crippen LogP contribution in [-0.2, 0) is 6.18 Å². The van der Waals surface area contributed by atoms with Crippen LogP contribution in [0.2, 0.25) is 0 Å². The molecule has 0 saturated heterocycles. The molecule has 0 bridgehead atoms. The van der Waals surface area contributed by atoms with Gasteiger partial charge in [0.05, 0.1) is 5.56 Å². The second-order valence-corrected chi connectivity index (χ2v) is 6.67. The number of alkyl halides is 3. The lowest BCUT2D eigenvalue weighted by Gasteiger charge is -2.19. The highest BCUT2D eigenvalue weighted by Crippen LogP contribution is 2.33. The van der Waals surface area contributed by atoms with Gasteiger partial charge in [0, 0.05) is 17.8 Å². The van der Waals surface area contributed by atoms with Gasteiger partial charge in [0.2, 0.25) is 5.82 Å². The first-order valence-electron chi connectivity index (χ1n) is 8.89. The minimum atomic E-state index is -4.41. The summed E-state index contributed by atoms with van der Waals surface area (Å²) in [7, 11) is 0. The third-order valence-electron chi connectivity index (χ3n) is 4.70. The van der Waals surface area contributed by atoms with Gasteiger partial charge < -0.3 is 10.4 Å². The monoisotopic (exact) mass is 379 g/mol. The summed E-state index contributed by atoms with van der Waals surface area (Å²) in [5.74, 6) is -1.26. The normalized spacial score (nSPS) is 16.0. The van der Waals surface area contributed by atoms with Crippen LogP contribution in [0.1, 0.15) is 54.7 Å². The van der Waals surface area contributed by atoms with E-state index < -0.39 is 17.7 Å². The summed E-state index contributed by atoms with van der Waals surface area (Å²) in [4.78, 5) is 19.2. The SMILES string of the molecule is O=C(O)c1ncc(-c2ccc(C(F)(F)F)cc2)c(NC2CCCCCC2)n1. The first-order chi connectivity index (χ1) is 12.8. The first kappa shape index (κ1) is 19.1. The van der Waals surface area contributed by atoms with Crippen molar-refractivity contribution in [2.45, 2.75) is 50.7 Å². The van der Waals surface area contributed by atoms with Gasteiger partial charge in [0.1, 0.15) is 5.82 Å². The summed E-state index contributed by atoms with van der Waals surface area (Å²) in [5, 5.41) is 12.5. The molecular formula is C19H20F3N3O2. The highest BCUT2D eigenvalue weighted by Gasteiger charge is 2.30. The molecule has 5 nitrogen and oxygen atoms in total. The van der Waals surface area contributed by atoms with E-state index in [0.717, 1.165) is 50.7 Å². The van der Waals surface area contributed by atoms with E-state index >= 15 is 0 Å². The maximum atomic E-state index is 12.8. The van der Waals surface area contributed by atoms with Crippen LogP contribution in [0.4, 0.5) is 19.0 Å². The Morgan fingerprint density at radius 2 is 1.70 bits per heavy atom. The number of benzene rings is 1. The lowest BCUT2D eigenvalue weighted by atomic mass is 10.0. The second kappa shape index (κ2) is 7.94. The maximum Gasteiger partial charge on any atom is 0.416 e. The van der Waals surface area contributed by atoms with Gasteiger partial charge in [0.25, 0.3) is 0 Å². The molecule has 1 aromatic carbocycles. The lowest BCUT2D eigenvalue weighted by molar-refractivity contribution is -0.137. The number of nitrogens with zero attached hydrogens (tertiary/aromatic N) is 2. The molecule has 2 aromatic rings. The van der Waals surface area contributed by atoms with E-state index in [1.165, 1.54) is 18.3 Å². The topological polar surface area (TPSA) is 75.1 Å². The van der Waals surface area contributed by atoms with E-state index in [2.05, 4.69) is 15.3 Å². The van der Waals surface area contributed by atoms with Crippen molar-refractivity contribution in [1.82, 2.24) is 9.97 Å². The number of hydrogen-bond donors (Lipinski definition) is 2. The zero-order valence-corrected chi connectivity index (χ0v) is 14.6. The van der Waals surface area contributed by atoms with Crippen molar-refractivity contribution in [1.29, 1.82) is 0 Å². The third kappa shape index (κ3) is 4.75. The number of carboxylic acid groups (broad SMARTS) is 1. The lowest BCUT2D eigenvalue weighted by Crippen LogP contribution is -2.21. The fourth-order valence-corrected chi connectivity index (χ4v) is 3.26. The summed E-state index contributed by atoms with van der Waals surface area (Å²) in [5.41, 5.74) is 0.238. The van der Waals surface area contributed by atoms with Crippen molar-refractivity contribution in [2.75, 3.05) is 5.32 Å². The molecule has 2 N–H and O–H groups in total. The van der Waals surface area contributed by atoms with Gasteiger partial charge >= 0.3 is 12.1 Å². The number of aromatic nitrogens is 2. The molecule has 1 aliphatic rings. The quantitative estimate of drug-likeness (QED) is 0.732. The van der Waals surface area contributed by atoms with Crippen LogP contribution in [0.25, 0.3) is 11.1 Å². The molecule has 0 aliphatic heterocycles. The van der Waals surface area contributed by atoms with Crippen molar-refractivity contribution in [2.24, 2.45) is 0 Å². The Bertz CT molecular complexity index is 799. The van der Waals surface area contributed by atoms with E-state index in [1.54, 1.807) is 0 Å². The van der Waals surface area contributed by atoms with Crippen LogP contribution in [0.5, 0.6) is 0 Å². The Kier molecular flexibility index (Phi) is 5.62. The predicted molar refractivity (Wildman–Crippen MR) is 94.5 cm³/mol. The van der Waals surface area contributed by atoms with Crippen molar-refractivity contribution >= 4 is 11.8 Å². The molecule has 0 spiro atoms. The zero-order valence-electron chi connectivity index (χ0n) is 14.6. The number of anilines is 1. The van der Waals surface area contributed by atoms with Crippen LogP contribution in [-0.4, -0.2) is 27.1 Å². The number of rotatable bonds is 4. The molecule has 8 heteroatoms. The van der Waals surface area contributed by atoms with Crippen LogP contribution < -0.4 is 5.32 Å². The average molecular weight is 379 g/mol. The largest absolute Gasteiger partial charge is 0.475 e. The molecule has 1 aromatic heterocycles. The van der Waals surface area contributed by atoms with Crippen LogP contribution in [0.15, 0.2) is 30.5 Å². The minimum Gasteiger partial charge on any atom is -0.475 e. The summed E-state index contributed by atoms with van der Waals surface area (Å²) in [6, 6.07) is 4.84. The van der Waals surface area contributed by atoms with Crippen molar-refractivity contribution in [3.63, 3.8) is 0 Å². The summed E-state index contributed by atoms with van der Waals surface area (Å²) >= 11 is 0. The van der Waals surface area contributed by atoms with Gasteiger partial charge in [-0.15, -0.1) is 0 Å². The molecule has 1 fully saturated rings. The van der Waals surface area contributed by atoms with Gasteiger partial charge in [-0.1, -0.05) is 37.8 Å². The number of halogens is 3. The molecule has 1 heterocycles. The van der Waals surface area contributed by atoms with Crippen LogP contribution in [0, 0.1) is 0 Å². The Morgan fingerprint density at radius 1 is 1.07 bits per heavy atom. The molecule has 1 aliphatic carbocycles. The number of carboxylic acids is 1. The summed E-state index contributed by atoms with van der Waals surface area (Å²) < 4.78 is 38.4. The summed E-state index contributed by atoms with van der Waals surface area (Å²) in [6.07, 6.45) is 3.29. The Labute approximate surface area is 154 Å². The molecule has 0 amide bonds. The molecular weight excluding hydrogens is 359 g/mol. The van der Waals surface area contributed by atoms with Gasteiger partial charge in [-0.2, -0.15) is 13.2 Å². The van der Waals surface area contributed by atoms with Crippen molar-refractivity contribution in [3.8, 4) is 11.1 Å². The van der Waals surface area contributed by atoms with E-state index in [4.69, 9.17) is 5.11 Å². The first-order valence-corrected chi connectivity index (χ1v) is 8.89. The molecule has 0 unspecified atom stereocenters. The van der Waals surface area contributed by atoms with E-state index in [1.807, 2.05) is 0 Å². The minimum absolute atomic E-state index is 0.150. The molecule has 144 valence electrons. The molecule has 27 heavy (non-hydrogen) atoms. The van der Waals surface area contributed by atoms with Gasteiger partial charge in [-0.05, 0) is 30.5 Å². The Hall–Kier alpha value is -2.64. The number of aromatic carboxylic acids is 1. The third-order valence-corrected chi connectivity index (χ3v) is 4.70. The molecule has 0 atom stereocenters. The van der Waals surface area contributed by atoms with E-state index in [9.17, 15) is 18.0 Å². The van der Waals surface area contributed by atoms with Crippen LogP contribution >= 0.6 is 0 Å². The zero-order chi connectivity index (χ0) is 19.4.